The van der Waals surface area contributed by atoms with Crippen molar-refractivity contribution in [3.05, 3.63) is 24.0 Å². The molecule has 2 unspecified atom stereocenters. The Kier molecular flexibility index (Phi) is 4.27. The lowest BCUT2D eigenvalue weighted by molar-refractivity contribution is 0.0983. The molecule has 0 amide bonds. The Labute approximate surface area is 113 Å². The Hall–Kier alpha value is -1.03. The quantitative estimate of drug-likeness (QED) is 0.786. The Balaban J connectivity index is 2.16. The molecule has 1 aromatic rings. The standard InChI is InChI=1S/C14H20N2OS/c1-4-14(17)13-6-5-12(9-15-13)16-7-8-18-11(3)10(16)2/h5-6,9-11H,4,7-8H2,1-3H3. The van der Waals surface area contributed by atoms with E-state index in [1.807, 2.05) is 37.0 Å². The highest BCUT2D eigenvalue weighted by atomic mass is 32.2. The van der Waals surface area contributed by atoms with E-state index in [9.17, 15) is 4.79 Å². The normalized spacial score (nSPS) is 24.1. The Bertz CT molecular complexity index is 418. The number of hydrogen-bond donors (Lipinski definition) is 0. The van der Waals surface area contributed by atoms with Crippen molar-refractivity contribution in [3.8, 4) is 0 Å². The zero-order valence-corrected chi connectivity index (χ0v) is 12.0. The predicted molar refractivity (Wildman–Crippen MR) is 77.6 cm³/mol. The summed E-state index contributed by atoms with van der Waals surface area (Å²) < 4.78 is 0. The van der Waals surface area contributed by atoms with Crippen LogP contribution >= 0.6 is 11.8 Å². The molecule has 2 atom stereocenters. The lowest BCUT2D eigenvalue weighted by atomic mass is 10.1. The van der Waals surface area contributed by atoms with Crippen LogP contribution in [-0.2, 0) is 0 Å². The average Bonchev–Trinajstić information content (AvgIpc) is 2.41. The van der Waals surface area contributed by atoms with Gasteiger partial charge in [0.25, 0.3) is 0 Å². The second-order valence-electron chi connectivity index (χ2n) is 4.69. The molecule has 0 aromatic carbocycles. The van der Waals surface area contributed by atoms with Gasteiger partial charge in [-0.25, -0.2) is 0 Å². The Morgan fingerprint density at radius 2 is 2.28 bits per heavy atom. The maximum Gasteiger partial charge on any atom is 0.180 e. The van der Waals surface area contributed by atoms with Crippen molar-refractivity contribution < 1.29 is 4.79 Å². The molecule has 1 aromatic heterocycles. The summed E-state index contributed by atoms with van der Waals surface area (Å²) in [5.41, 5.74) is 1.70. The number of thioether (sulfide) groups is 1. The largest absolute Gasteiger partial charge is 0.366 e. The summed E-state index contributed by atoms with van der Waals surface area (Å²) in [4.78, 5) is 18.2. The van der Waals surface area contributed by atoms with Crippen molar-refractivity contribution in [3.63, 3.8) is 0 Å². The van der Waals surface area contributed by atoms with E-state index >= 15 is 0 Å². The highest BCUT2D eigenvalue weighted by molar-refractivity contribution is 8.00. The number of carbonyl (C=O) groups is 1. The SMILES string of the molecule is CCC(=O)c1ccc(N2CCSC(C)C2C)cn1. The molecule has 18 heavy (non-hydrogen) atoms. The molecule has 98 valence electrons. The van der Waals surface area contributed by atoms with E-state index in [1.54, 1.807) is 0 Å². The third-order valence-electron chi connectivity index (χ3n) is 3.57. The molecule has 0 bridgehead atoms. The molecule has 0 aliphatic carbocycles. The predicted octanol–water partition coefficient (Wildman–Crippen LogP) is 3.00. The van der Waals surface area contributed by atoms with Crippen LogP contribution < -0.4 is 4.90 Å². The maximum atomic E-state index is 11.5. The van der Waals surface area contributed by atoms with Crippen LogP contribution in [0.3, 0.4) is 0 Å². The molecule has 1 fully saturated rings. The fourth-order valence-electron chi connectivity index (χ4n) is 2.20. The van der Waals surface area contributed by atoms with E-state index in [1.165, 1.54) is 0 Å². The molecule has 1 saturated heterocycles. The minimum absolute atomic E-state index is 0.108. The summed E-state index contributed by atoms with van der Waals surface area (Å²) in [6, 6.07) is 4.38. The summed E-state index contributed by atoms with van der Waals surface area (Å²) in [5.74, 6) is 1.26. The van der Waals surface area contributed by atoms with Crippen LogP contribution in [0.15, 0.2) is 18.3 Å². The number of carbonyl (C=O) groups excluding carboxylic acids is 1. The lowest BCUT2D eigenvalue weighted by Crippen LogP contribution is -2.44. The Morgan fingerprint density at radius 1 is 1.50 bits per heavy atom. The van der Waals surface area contributed by atoms with Crippen LogP contribution in [0.25, 0.3) is 0 Å². The number of aromatic nitrogens is 1. The maximum absolute atomic E-state index is 11.5. The second kappa shape index (κ2) is 5.74. The monoisotopic (exact) mass is 264 g/mol. The molecular weight excluding hydrogens is 244 g/mol. The highest BCUT2D eigenvalue weighted by Crippen LogP contribution is 2.28. The van der Waals surface area contributed by atoms with Gasteiger partial charge in [0.1, 0.15) is 5.69 Å². The minimum atomic E-state index is 0.108. The van der Waals surface area contributed by atoms with E-state index in [-0.39, 0.29) is 5.78 Å². The van der Waals surface area contributed by atoms with Gasteiger partial charge in [0.15, 0.2) is 5.78 Å². The topological polar surface area (TPSA) is 33.2 Å². The third-order valence-corrected chi connectivity index (χ3v) is 4.91. The van der Waals surface area contributed by atoms with Crippen LogP contribution in [0.4, 0.5) is 5.69 Å². The van der Waals surface area contributed by atoms with Gasteiger partial charge >= 0.3 is 0 Å². The zero-order valence-electron chi connectivity index (χ0n) is 11.2. The molecular formula is C14H20N2OS. The van der Waals surface area contributed by atoms with Crippen LogP contribution in [0.1, 0.15) is 37.7 Å². The van der Waals surface area contributed by atoms with Gasteiger partial charge in [-0.05, 0) is 19.1 Å². The van der Waals surface area contributed by atoms with Crippen LogP contribution in [0.2, 0.25) is 0 Å². The average molecular weight is 264 g/mol. The van der Waals surface area contributed by atoms with Gasteiger partial charge in [-0.1, -0.05) is 13.8 Å². The van der Waals surface area contributed by atoms with Gasteiger partial charge < -0.3 is 4.90 Å². The number of ketones is 1. The molecule has 3 nitrogen and oxygen atoms in total. The van der Waals surface area contributed by atoms with Gasteiger partial charge in [0, 0.05) is 30.0 Å². The van der Waals surface area contributed by atoms with Crippen molar-refractivity contribution in [2.45, 2.75) is 38.5 Å². The minimum Gasteiger partial charge on any atom is -0.366 e. The molecule has 0 radical (unpaired) electrons. The molecule has 0 saturated carbocycles. The van der Waals surface area contributed by atoms with Gasteiger partial charge in [-0.15, -0.1) is 0 Å². The summed E-state index contributed by atoms with van der Waals surface area (Å²) >= 11 is 2.02. The van der Waals surface area contributed by atoms with Gasteiger partial charge in [-0.3, -0.25) is 9.78 Å². The van der Waals surface area contributed by atoms with Gasteiger partial charge in [0.2, 0.25) is 0 Å². The first-order valence-corrected chi connectivity index (χ1v) is 7.56. The lowest BCUT2D eigenvalue weighted by Gasteiger charge is -2.39. The van der Waals surface area contributed by atoms with Crippen LogP contribution in [0.5, 0.6) is 0 Å². The number of hydrogen-bond acceptors (Lipinski definition) is 4. The summed E-state index contributed by atoms with van der Waals surface area (Å²) in [6.45, 7) is 7.44. The molecule has 0 N–H and O–H groups in total. The first-order chi connectivity index (χ1) is 8.63. The van der Waals surface area contributed by atoms with E-state index in [0.717, 1.165) is 18.0 Å². The first-order valence-electron chi connectivity index (χ1n) is 6.51. The molecule has 4 heteroatoms. The van der Waals surface area contributed by atoms with Crippen molar-refractivity contribution in [1.82, 2.24) is 4.98 Å². The zero-order chi connectivity index (χ0) is 13.1. The summed E-state index contributed by atoms with van der Waals surface area (Å²) in [7, 11) is 0. The van der Waals surface area contributed by atoms with E-state index in [0.29, 0.717) is 23.4 Å². The fourth-order valence-corrected chi connectivity index (χ4v) is 3.30. The number of nitrogens with zero attached hydrogens (tertiary/aromatic N) is 2. The van der Waals surface area contributed by atoms with E-state index in [2.05, 4.69) is 23.7 Å². The third kappa shape index (κ3) is 2.69. The summed E-state index contributed by atoms with van der Waals surface area (Å²) in [5, 5.41) is 0.635. The fraction of sp³-hybridized carbons (Fsp3) is 0.571. The van der Waals surface area contributed by atoms with E-state index in [4.69, 9.17) is 0 Å². The van der Waals surface area contributed by atoms with Gasteiger partial charge in [0.05, 0.1) is 11.9 Å². The Morgan fingerprint density at radius 3 is 2.89 bits per heavy atom. The van der Waals surface area contributed by atoms with E-state index < -0.39 is 0 Å². The van der Waals surface area contributed by atoms with Crippen molar-refractivity contribution in [2.75, 3.05) is 17.2 Å². The first kappa shape index (κ1) is 13.4. The molecule has 1 aliphatic heterocycles. The summed E-state index contributed by atoms with van der Waals surface area (Å²) in [6.07, 6.45) is 2.35. The molecule has 1 aliphatic rings. The smallest absolute Gasteiger partial charge is 0.180 e. The van der Waals surface area contributed by atoms with Crippen LogP contribution in [-0.4, -0.2) is 34.4 Å². The number of pyridine rings is 1. The molecule has 2 rings (SSSR count). The molecule has 2 heterocycles. The van der Waals surface area contributed by atoms with Crippen molar-refractivity contribution >= 4 is 23.2 Å². The molecule has 0 spiro atoms. The highest BCUT2D eigenvalue weighted by Gasteiger charge is 2.25. The number of anilines is 1. The van der Waals surface area contributed by atoms with Crippen molar-refractivity contribution in [2.24, 2.45) is 0 Å². The van der Waals surface area contributed by atoms with Crippen molar-refractivity contribution in [1.29, 1.82) is 0 Å². The second-order valence-corrected chi connectivity index (χ2v) is 6.17. The number of Topliss-reactive ketones (excluding diaryl/α,β-unsaturated/α-hetero) is 1. The van der Waals surface area contributed by atoms with Crippen LogP contribution in [0, 0.1) is 0 Å². The van der Waals surface area contributed by atoms with Gasteiger partial charge in [-0.2, -0.15) is 11.8 Å². The number of rotatable bonds is 3.